The van der Waals surface area contributed by atoms with Crippen molar-refractivity contribution in [2.75, 3.05) is 38.2 Å². The number of alkyl halides is 3. The standard InChI is InChI=1S/C25H26F4N4O3/c1-16-30-15-23(36-16)20-7-6-19(13-22(20)35-2)32-8-3-9-33(11-10-32)24(34)31-14-17-4-5-18(26)12-21(17)25(27,28)29/h4-7,12-13,15H,3,8-11,14H2,1-2H3,(H,31,34). The Labute approximate surface area is 205 Å². The largest absolute Gasteiger partial charge is 0.496 e. The Hall–Kier alpha value is -3.76. The number of methoxy groups -OCH3 is 1. The molecule has 7 nitrogen and oxygen atoms in total. The Bertz CT molecular complexity index is 1230. The predicted molar refractivity (Wildman–Crippen MR) is 125 cm³/mol. The van der Waals surface area contributed by atoms with E-state index in [2.05, 4.69) is 15.2 Å². The number of carbonyl (C=O) groups is 1. The van der Waals surface area contributed by atoms with Gasteiger partial charge in [-0.3, -0.25) is 0 Å². The molecule has 4 rings (SSSR count). The molecule has 0 spiro atoms. The molecule has 0 saturated carbocycles. The van der Waals surface area contributed by atoms with Crippen molar-refractivity contribution in [1.29, 1.82) is 0 Å². The Morgan fingerprint density at radius 3 is 2.64 bits per heavy atom. The third kappa shape index (κ3) is 5.72. The maximum atomic E-state index is 13.3. The normalized spacial score (nSPS) is 14.5. The minimum Gasteiger partial charge on any atom is -0.496 e. The van der Waals surface area contributed by atoms with E-state index < -0.39 is 23.6 Å². The number of amides is 2. The molecule has 1 aliphatic heterocycles. The van der Waals surface area contributed by atoms with Crippen molar-refractivity contribution >= 4 is 11.7 Å². The SMILES string of the molecule is COc1cc(N2CCCN(C(=O)NCc3ccc(F)cc3C(F)(F)F)CC2)ccc1-c1cnc(C)o1. The summed E-state index contributed by atoms with van der Waals surface area (Å²) >= 11 is 0. The van der Waals surface area contributed by atoms with Crippen molar-refractivity contribution < 1.29 is 31.5 Å². The third-order valence-electron chi connectivity index (χ3n) is 6.03. The highest BCUT2D eigenvalue weighted by atomic mass is 19.4. The summed E-state index contributed by atoms with van der Waals surface area (Å²) in [7, 11) is 1.58. The fourth-order valence-electron chi connectivity index (χ4n) is 4.19. The fourth-order valence-corrected chi connectivity index (χ4v) is 4.19. The van der Waals surface area contributed by atoms with Gasteiger partial charge in [-0.15, -0.1) is 0 Å². The van der Waals surface area contributed by atoms with Crippen LogP contribution in [0.5, 0.6) is 5.75 Å². The summed E-state index contributed by atoms with van der Waals surface area (Å²) in [6, 6.07) is 7.69. The van der Waals surface area contributed by atoms with Crippen molar-refractivity contribution in [3.05, 3.63) is 65.4 Å². The van der Waals surface area contributed by atoms with Crippen LogP contribution < -0.4 is 15.0 Å². The van der Waals surface area contributed by atoms with Gasteiger partial charge in [-0.1, -0.05) is 6.07 Å². The highest BCUT2D eigenvalue weighted by Crippen LogP contribution is 2.35. The molecule has 192 valence electrons. The highest BCUT2D eigenvalue weighted by Gasteiger charge is 2.34. The topological polar surface area (TPSA) is 70.8 Å². The quantitative estimate of drug-likeness (QED) is 0.480. The van der Waals surface area contributed by atoms with E-state index in [4.69, 9.17) is 9.15 Å². The zero-order valence-electron chi connectivity index (χ0n) is 19.9. The van der Waals surface area contributed by atoms with Gasteiger partial charge in [0.25, 0.3) is 0 Å². The summed E-state index contributed by atoms with van der Waals surface area (Å²) in [6.45, 7) is 3.45. The molecule has 1 aromatic heterocycles. The van der Waals surface area contributed by atoms with Crippen molar-refractivity contribution in [3.8, 4) is 17.1 Å². The number of aromatic nitrogens is 1. The van der Waals surface area contributed by atoms with E-state index in [0.29, 0.717) is 56.1 Å². The average Bonchev–Trinajstić information content (AvgIpc) is 3.12. The Morgan fingerprint density at radius 1 is 1.14 bits per heavy atom. The van der Waals surface area contributed by atoms with Crippen LogP contribution in [-0.4, -0.2) is 49.2 Å². The maximum Gasteiger partial charge on any atom is 0.416 e. The molecule has 1 fully saturated rings. The number of hydrogen-bond acceptors (Lipinski definition) is 5. The number of carbonyl (C=O) groups excluding carboxylic acids is 1. The Kier molecular flexibility index (Phi) is 7.37. The van der Waals surface area contributed by atoms with Gasteiger partial charge in [0, 0.05) is 51.4 Å². The van der Waals surface area contributed by atoms with Gasteiger partial charge < -0.3 is 24.3 Å². The molecule has 2 heterocycles. The number of urea groups is 1. The molecule has 0 atom stereocenters. The number of benzene rings is 2. The number of hydrogen-bond donors (Lipinski definition) is 1. The van der Waals surface area contributed by atoms with Gasteiger partial charge in [0.05, 0.1) is 24.4 Å². The van der Waals surface area contributed by atoms with Crippen molar-refractivity contribution in [1.82, 2.24) is 15.2 Å². The number of halogens is 4. The molecular formula is C25H26F4N4O3. The summed E-state index contributed by atoms with van der Waals surface area (Å²) in [6.07, 6.45) is -2.41. The van der Waals surface area contributed by atoms with E-state index in [1.165, 1.54) is 0 Å². The number of anilines is 1. The summed E-state index contributed by atoms with van der Waals surface area (Å²) in [5.74, 6) is 0.799. The maximum absolute atomic E-state index is 13.3. The minimum absolute atomic E-state index is 0.192. The van der Waals surface area contributed by atoms with E-state index in [1.807, 2.05) is 18.2 Å². The van der Waals surface area contributed by atoms with Crippen LogP contribution in [0.4, 0.5) is 28.0 Å². The first kappa shape index (κ1) is 25.3. The van der Waals surface area contributed by atoms with Crippen LogP contribution in [0.2, 0.25) is 0 Å². The van der Waals surface area contributed by atoms with E-state index in [1.54, 1.807) is 25.1 Å². The molecule has 3 aromatic rings. The third-order valence-corrected chi connectivity index (χ3v) is 6.03. The van der Waals surface area contributed by atoms with Crippen molar-refractivity contribution in [2.24, 2.45) is 0 Å². The molecule has 0 unspecified atom stereocenters. The van der Waals surface area contributed by atoms with E-state index in [9.17, 15) is 22.4 Å². The second kappa shape index (κ2) is 10.5. The lowest BCUT2D eigenvalue weighted by molar-refractivity contribution is -0.138. The van der Waals surface area contributed by atoms with Crippen LogP contribution in [0.1, 0.15) is 23.4 Å². The second-order valence-electron chi connectivity index (χ2n) is 8.41. The molecule has 11 heteroatoms. The number of oxazole rings is 1. The van der Waals surface area contributed by atoms with Crippen LogP contribution in [0.3, 0.4) is 0 Å². The van der Waals surface area contributed by atoms with Crippen LogP contribution in [-0.2, 0) is 12.7 Å². The molecule has 2 amide bonds. The smallest absolute Gasteiger partial charge is 0.416 e. The number of nitrogens with one attached hydrogen (secondary N) is 1. The lowest BCUT2D eigenvalue weighted by Gasteiger charge is -2.25. The van der Waals surface area contributed by atoms with E-state index >= 15 is 0 Å². The lowest BCUT2D eigenvalue weighted by atomic mass is 10.1. The molecule has 1 saturated heterocycles. The first-order valence-corrected chi connectivity index (χ1v) is 11.4. The summed E-state index contributed by atoms with van der Waals surface area (Å²) < 4.78 is 64.2. The predicted octanol–water partition coefficient (Wildman–Crippen LogP) is 5.24. The summed E-state index contributed by atoms with van der Waals surface area (Å²) in [5.41, 5.74) is 0.400. The molecule has 1 aliphatic rings. The molecule has 1 N–H and O–H groups in total. The monoisotopic (exact) mass is 506 g/mol. The van der Waals surface area contributed by atoms with Crippen molar-refractivity contribution in [3.63, 3.8) is 0 Å². The Balaban J connectivity index is 1.40. The zero-order valence-corrected chi connectivity index (χ0v) is 19.9. The summed E-state index contributed by atoms with van der Waals surface area (Å²) in [4.78, 5) is 20.5. The number of aryl methyl sites for hydroxylation is 1. The fraction of sp³-hybridized carbons (Fsp3) is 0.360. The second-order valence-corrected chi connectivity index (χ2v) is 8.41. The number of rotatable bonds is 5. The van der Waals surface area contributed by atoms with Gasteiger partial charge in [0.1, 0.15) is 11.6 Å². The zero-order chi connectivity index (χ0) is 25.9. The first-order chi connectivity index (χ1) is 17.2. The van der Waals surface area contributed by atoms with Crippen LogP contribution >= 0.6 is 0 Å². The van der Waals surface area contributed by atoms with Gasteiger partial charge in [0.15, 0.2) is 11.7 Å². The van der Waals surface area contributed by atoms with Crippen molar-refractivity contribution in [2.45, 2.75) is 26.1 Å². The number of nitrogens with zero attached hydrogens (tertiary/aromatic N) is 3. The van der Waals surface area contributed by atoms with Crippen LogP contribution in [0, 0.1) is 12.7 Å². The van der Waals surface area contributed by atoms with Gasteiger partial charge in [-0.25, -0.2) is 14.2 Å². The van der Waals surface area contributed by atoms with Gasteiger partial charge in [-0.2, -0.15) is 13.2 Å². The average molecular weight is 507 g/mol. The Morgan fingerprint density at radius 2 is 1.94 bits per heavy atom. The first-order valence-electron chi connectivity index (χ1n) is 11.4. The number of ether oxygens (including phenoxy) is 1. The lowest BCUT2D eigenvalue weighted by Crippen LogP contribution is -2.42. The van der Waals surface area contributed by atoms with Gasteiger partial charge >= 0.3 is 12.2 Å². The molecule has 2 aromatic carbocycles. The van der Waals surface area contributed by atoms with Gasteiger partial charge in [0.2, 0.25) is 0 Å². The van der Waals surface area contributed by atoms with E-state index in [0.717, 1.165) is 23.4 Å². The molecule has 36 heavy (non-hydrogen) atoms. The van der Waals surface area contributed by atoms with Gasteiger partial charge in [-0.05, 0) is 36.2 Å². The van der Waals surface area contributed by atoms with E-state index in [-0.39, 0.29) is 12.1 Å². The molecular weight excluding hydrogens is 480 g/mol. The minimum atomic E-state index is -4.71. The highest BCUT2D eigenvalue weighted by molar-refractivity contribution is 5.74. The molecule has 0 bridgehead atoms. The molecule has 0 radical (unpaired) electrons. The molecule has 0 aliphatic carbocycles. The van der Waals surface area contributed by atoms with Crippen LogP contribution in [0.15, 0.2) is 47.0 Å². The van der Waals surface area contributed by atoms with Crippen LogP contribution in [0.25, 0.3) is 11.3 Å². The summed E-state index contributed by atoms with van der Waals surface area (Å²) in [5, 5.41) is 2.54.